The van der Waals surface area contributed by atoms with Gasteiger partial charge in [0, 0.05) is 18.5 Å². The van der Waals surface area contributed by atoms with Gasteiger partial charge < -0.3 is 16.0 Å². The molecule has 0 fully saturated rings. The zero-order chi connectivity index (χ0) is 12.3. The minimum absolute atomic E-state index is 0.762. The van der Waals surface area contributed by atoms with Crippen LogP contribution in [0.5, 0.6) is 0 Å². The lowest BCUT2D eigenvalue weighted by molar-refractivity contribution is 0.367. The molecule has 0 spiro atoms. The number of rotatable bonds is 5. The van der Waals surface area contributed by atoms with Crippen LogP contribution in [0.15, 0.2) is 18.3 Å². The topological polar surface area (TPSA) is 70.0 Å². The third-order valence-electron chi connectivity index (χ3n) is 2.96. The highest BCUT2D eigenvalue weighted by Gasteiger charge is 2.03. The number of likely N-dealkylation sites (N-methyl/N-ethyl adjacent to an activating group) is 1. The van der Waals surface area contributed by atoms with E-state index in [1.807, 2.05) is 12.1 Å². The fourth-order valence-corrected chi connectivity index (χ4v) is 1.70. The van der Waals surface area contributed by atoms with E-state index in [1.54, 1.807) is 6.20 Å². The van der Waals surface area contributed by atoms with Crippen LogP contribution >= 0.6 is 0 Å². The summed E-state index contributed by atoms with van der Waals surface area (Å²) in [5.74, 6) is 0. The summed E-state index contributed by atoms with van der Waals surface area (Å²) >= 11 is 0. The lowest BCUT2D eigenvalue weighted by Crippen LogP contribution is -2.24. The first-order valence-electron chi connectivity index (χ1n) is 5.85. The second-order valence-electron chi connectivity index (χ2n) is 4.22. The number of nitrogens with two attached hydrogens (primary N) is 1. The molecular weight excluding hydrogens is 214 g/mol. The Morgan fingerprint density at radius 2 is 2.29 bits per heavy atom. The number of nitrogens with zero attached hydrogens (tertiary/aromatic N) is 2. The average Bonchev–Trinajstić information content (AvgIpc) is 2.76. The van der Waals surface area contributed by atoms with Crippen molar-refractivity contribution in [1.82, 2.24) is 15.1 Å². The van der Waals surface area contributed by atoms with Crippen LogP contribution in [0.3, 0.4) is 0 Å². The van der Waals surface area contributed by atoms with Crippen molar-refractivity contribution in [2.75, 3.05) is 37.7 Å². The Bertz CT molecular complexity index is 491. The maximum absolute atomic E-state index is 5.98. The van der Waals surface area contributed by atoms with Crippen molar-refractivity contribution < 1.29 is 0 Å². The Morgan fingerprint density at radius 1 is 1.47 bits per heavy atom. The number of nitrogen functional groups attached to an aromatic ring is 1. The lowest BCUT2D eigenvalue weighted by atomic mass is 10.2. The summed E-state index contributed by atoms with van der Waals surface area (Å²) in [6, 6.07) is 3.94. The van der Waals surface area contributed by atoms with Gasteiger partial charge in [-0.2, -0.15) is 5.10 Å². The number of nitrogens with one attached hydrogen (secondary N) is 2. The minimum Gasteiger partial charge on any atom is -0.397 e. The Labute approximate surface area is 101 Å². The van der Waals surface area contributed by atoms with E-state index >= 15 is 0 Å². The molecule has 0 unspecified atom stereocenters. The van der Waals surface area contributed by atoms with Crippen molar-refractivity contribution in [2.45, 2.75) is 6.92 Å². The van der Waals surface area contributed by atoms with Crippen LogP contribution in [0.25, 0.3) is 10.9 Å². The van der Waals surface area contributed by atoms with E-state index in [1.165, 1.54) is 0 Å². The zero-order valence-electron chi connectivity index (χ0n) is 10.3. The molecule has 0 radical (unpaired) electrons. The zero-order valence-corrected chi connectivity index (χ0v) is 10.3. The molecule has 0 saturated carbocycles. The normalized spacial score (nSPS) is 11.2. The Hall–Kier alpha value is -1.75. The van der Waals surface area contributed by atoms with E-state index in [9.17, 15) is 0 Å². The van der Waals surface area contributed by atoms with Crippen molar-refractivity contribution in [1.29, 1.82) is 0 Å². The summed E-state index contributed by atoms with van der Waals surface area (Å²) in [4.78, 5) is 2.25. The van der Waals surface area contributed by atoms with Crippen LogP contribution < -0.4 is 11.1 Å². The fraction of sp³-hybridized carbons (Fsp3) is 0.417. The van der Waals surface area contributed by atoms with Gasteiger partial charge in [0.25, 0.3) is 0 Å². The molecule has 1 aromatic carbocycles. The largest absolute Gasteiger partial charge is 0.397 e. The van der Waals surface area contributed by atoms with Crippen LogP contribution in [0.1, 0.15) is 6.92 Å². The number of benzene rings is 1. The van der Waals surface area contributed by atoms with Crippen molar-refractivity contribution in [2.24, 2.45) is 0 Å². The molecule has 0 atom stereocenters. The standard InChI is InChI=1S/C12H19N5/c1-3-17(2)5-4-14-12-7-11-9(6-10(12)13)8-15-16-11/h6-8,14H,3-5,13H2,1-2H3,(H,15,16). The van der Waals surface area contributed by atoms with Gasteiger partial charge in [-0.1, -0.05) is 6.92 Å². The summed E-state index contributed by atoms with van der Waals surface area (Å²) < 4.78 is 0. The molecule has 1 aromatic heterocycles. The SMILES string of the molecule is CCN(C)CCNc1cc2[nH]ncc2cc1N. The highest BCUT2D eigenvalue weighted by atomic mass is 15.1. The molecule has 2 aromatic rings. The first kappa shape index (κ1) is 11.7. The van der Waals surface area contributed by atoms with E-state index in [4.69, 9.17) is 5.73 Å². The van der Waals surface area contributed by atoms with E-state index in [2.05, 4.69) is 34.4 Å². The maximum Gasteiger partial charge on any atom is 0.0672 e. The molecule has 92 valence electrons. The van der Waals surface area contributed by atoms with Gasteiger partial charge in [0.15, 0.2) is 0 Å². The van der Waals surface area contributed by atoms with E-state index < -0.39 is 0 Å². The molecule has 5 nitrogen and oxygen atoms in total. The molecule has 0 aliphatic carbocycles. The van der Waals surface area contributed by atoms with Gasteiger partial charge in [-0.05, 0) is 25.7 Å². The smallest absolute Gasteiger partial charge is 0.0672 e. The average molecular weight is 233 g/mol. The molecule has 1 heterocycles. The predicted molar refractivity (Wildman–Crippen MR) is 72.2 cm³/mol. The van der Waals surface area contributed by atoms with Gasteiger partial charge in [-0.25, -0.2) is 0 Å². The van der Waals surface area contributed by atoms with Gasteiger partial charge in [-0.3, -0.25) is 5.10 Å². The molecule has 0 bridgehead atoms. The molecule has 2 rings (SSSR count). The van der Waals surface area contributed by atoms with E-state index in [0.29, 0.717) is 0 Å². The predicted octanol–water partition coefficient (Wildman–Crippen LogP) is 1.51. The van der Waals surface area contributed by atoms with E-state index in [-0.39, 0.29) is 0 Å². The van der Waals surface area contributed by atoms with Crippen LogP contribution in [-0.2, 0) is 0 Å². The Morgan fingerprint density at radius 3 is 3.06 bits per heavy atom. The third-order valence-corrected chi connectivity index (χ3v) is 2.96. The number of H-pyrrole nitrogens is 1. The van der Waals surface area contributed by atoms with Crippen molar-refractivity contribution in [3.8, 4) is 0 Å². The summed E-state index contributed by atoms with van der Waals surface area (Å²) in [6.07, 6.45) is 1.78. The molecule has 17 heavy (non-hydrogen) atoms. The monoisotopic (exact) mass is 233 g/mol. The fourth-order valence-electron chi connectivity index (χ4n) is 1.70. The molecule has 0 aliphatic heterocycles. The molecule has 4 N–H and O–H groups in total. The molecule has 0 aliphatic rings. The highest BCUT2D eigenvalue weighted by molar-refractivity contribution is 5.88. The Kier molecular flexibility index (Phi) is 3.49. The Balaban J connectivity index is 2.04. The summed E-state index contributed by atoms with van der Waals surface area (Å²) in [5, 5.41) is 11.3. The van der Waals surface area contributed by atoms with Gasteiger partial charge in [-0.15, -0.1) is 0 Å². The molecule has 5 heteroatoms. The number of hydrogen-bond donors (Lipinski definition) is 3. The minimum atomic E-state index is 0.762. The quantitative estimate of drug-likeness (QED) is 0.685. The lowest BCUT2D eigenvalue weighted by Gasteiger charge is -2.15. The van der Waals surface area contributed by atoms with Crippen molar-refractivity contribution in [3.05, 3.63) is 18.3 Å². The molecule has 0 saturated heterocycles. The van der Waals surface area contributed by atoms with Crippen LogP contribution in [0, 0.1) is 0 Å². The summed E-state index contributed by atoms with van der Waals surface area (Å²) in [7, 11) is 2.10. The van der Waals surface area contributed by atoms with Crippen LogP contribution in [0.4, 0.5) is 11.4 Å². The van der Waals surface area contributed by atoms with Gasteiger partial charge in [0.1, 0.15) is 0 Å². The number of fused-ring (bicyclic) bond motifs is 1. The second kappa shape index (κ2) is 5.05. The second-order valence-corrected chi connectivity index (χ2v) is 4.22. The van der Waals surface area contributed by atoms with Gasteiger partial charge >= 0.3 is 0 Å². The third kappa shape index (κ3) is 2.68. The number of aromatic amines is 1. The van der Waals surface area contributed by atoms with Crippen molar-refractivity contribution >= 4 is 22.3 Å². The van der Waals surface area contributed by atoms with Gasteiger partial charge in [0.05, 0.1) is 23.1 Å². The van der Waals surface area contributed by atoms with Crippen LogP contribution in [-0.4, -0.2) is 41.8 Å². The summed E-state index contributed by atoms with van der Waals surface area (Å²) in [6.45, 7) is 5.08. The number of aromatic nitrogens is 2. The first-order chi connectivity index (χ1) is 8.20. The maximum atomic E-state index is 5.98. The molecular formula is C12H19N5. The highest BCUT2D eigenvalue weighted by Crippen LogP contribution is 2.24. The summed E-state index contributed by atoms with van der Waals surface area (Å²) in [5.41, 5.74) is 8.71. The number of hydrogen-bond acceptors (Lipinski definition) is 4. The number of anilines is 2. The first-order valence-corrected chi connectivity index (χ1v) is 5.85. The molecule has 0 amide bonds. The van der Waals surface area contributed by atoms with E-state index in [0.717, 1.165) is 41.9 Å². The van der Waals surface area contributed by atoms with Crippen molar-refractivity contribution in [3.63, 3.8) is 0 Å². The van der Waals surface area contributed by atoms with Gasteiger partial charge in [0.2, 0.25) is 0 Å². The van der Waals surface area contributed by atoms with Crippen LogP contribution in [0.2, 0.25) is 0 Å².